The molecule has 2 aromatic carbocycles. The van der Waals surface area contributed by atoms with Gasteiger partial charge in [-0.3, -0.25) is 0 Å². The van der Waals surface area contributed by atoms with Gasteiger partial charge in [-0.2, -0.15) is 0 Å². The Morgan fingerprint density at radius 1 is 1.11 bits per heavy atom. The zero-order valence-electron chi connectivity index (χ0n) is 9.76. The molecule has 0 spiro atoms. The summed E-state index contributed by atoms with van der Waals surface area (Å²) in [6.07, 6.45) is 5.32. The average molecular weight is 236 g/mol. The second kappa shape index (κ2) is 3.39. The van der Waals surface area contributed by atoms with Gasteiger partial charge in [0.05, 0.1) is 0 Å². The van der Waals surface area contributed by atoms with Crippen molar-refractivity contribution in [2.24, 2.45) is 0 Å². The van der Waals surface area contributed by atoms with E-state index < -0.39 is 0 Å². The molecule has 1 aliphatic carbocycles. The summed E-state index contributed by atoms with van der Waals surface area (Å²) in [4.78, 5) is 0. The summed E-state index contributed by atoms with van der Waals surface area (Å²) >= 11 is 0. The van der Waals surface area contributed by atoms with Crippen LogP contribution in [-0.2, 0) is 0 Å². The maximum atomic E-state index is 9.65. The fourth-order valence-corrected chi connectivity index (χ4v) is 2.85. The van der Waals surface area contributed by atoms with Crippen LogP contribution >= 0.6 is 0 Å². The summed E-state index contributed by atoms with van der Waals surface area (Å²) in [5.41, 5.74) is 4.63. The van der Waals surface area contributed by atoms with E-state index in [1.165, 1.54) is 16.7 Å². The summed E-state index contributed by atoms with van der Waals surface area (Å²) in [5, 5.41) is 9.65. The van der Waals surface area contributed by atoms with E-state index in [4.69, 9.17) is 4.74 Å². The van der Waals surface area contributed by atoms with Crippen LogP contribution in [0.3, 0.4) is 0 Å². The first-order valence-electron chi connectivity index (χ1n) is 6.12. The minimum atomic E-state index is 0.109. The highest BCUT2D eigenvalue weighted by Gasteiger charge is 2.28. The van der Waals surface area contributed by atoms with Gasteiger partial charge >= 0.3 is 0 Å². The smallest absolute Gasteiger partial charge is 0.128 e. The van der Waals surface area contributed by atoms with Crippen molar-refractivity contribution in [1.82, 2.24) is 0 Å². The lowest BCUT2D eigenvalue weighted by molar-refractivity contribution is 0.204. The lowest BCUT2D eigenvalue weighted by Crippen LogP contribution is -2.16. The summed E-state index contributed by atoms with van der Waals surface area (Å²) in [6.45, 7) is 0. The third kappa shape index (κ3) is 1.23. The molecule has 2 aromatic rings. The second-order valence-electron chi connectivity index (χ2n) is 4.73. The van der Waals surface area contributed by atoms with Gasteiger partial charge in [0.15, 0.2) is 0 Å². The first-order valence-corrected chi connectivity index (χ1v) is 6.12. The van der Waals surface area contributed by atoms with Crippen molar-refractivity contribution in [2.75, 3.05) is 0 Å². The monoisotopic (exact) mass is 236 g/mol. The quantitative estimate of drug-likeness (QED) is 0.751. The first-order chi connectivity index (χ1) is 8.83. The summed E-state index contributed by atoms with van der Waals surface area (Å²) < 4.78 is 6.03. The maximum Gasteiger partial charge on any atom is 0.128 e. The van der Waals surface area contributed by atoms with E-state index in [0.717, 1.165) is 17.7 Å². The van der Waals surface area contributed by atoms with Crippen LogP contribution in [0.1, 0.15) is 23.7 Å². The lowest BCUT2D eigenvalue weighted by atomic mass is 9.85. The van der Waals surface area contributed by atoms with Gasteiger partial charge in [0.1, 0.15) is 17.6 Å². The Bertz CT molecular complexity index is 671. The number of hydrogen-bond acceptors (Lipinski definition) is 2. The molecule has 1 heterocycles. The van der Waals surface area contributed by atoms with E-state index in [0.29, 0.717) is 0 Å². The minimum Gasteiger partial charge on any atom is -0.508 e. The molecule has 0 saturated carbocycles. The van der Waals surface area contributed by atoms with E-state index in [-0.39, 0.29) is 11.9 Å². The Kier molecular flexibility index (Phi) is 1.84. The lowest BCUT2D eigenvalue weighted by Gasteiger charge is -2.31. The molecule has 2 nitrogen and oxygen atoms in total. The van der Waals surface area contributed by atoms with Crippen LogP contribution < -0.4 is 4.74 Å². The van der Waals surface area contributed by atoms with Crippen LogP contribution in [0.5, 0.6) is 11.5 Å². The summed E-state index contributed by atoms with van der Waals surface area (Å²) in [7, 11) is 0. The standard InChI is InChI=1S/C16H12O2/c17-11-7-8-14-13(9-11)12-5-1-3-10-4-2-6-15(18-14)16(10)12/h1-5,7-9,15,17H,6H2. The molecule has 0 radical (unpaired) electrons. The zero-order chi connectivity index (χ0) is 12.1. The number of aromatic hydroxyl groups is 1. The van der Waals surface area contributed by atoms with Crippen molar-refractivity contribution in [2.45, 2.75) is 12.5 Å². The van der Waals surface area contributed by atoms with E-state index in [9.17, 15) is 5.11 Å². The molecule has 1 aliphatic heterocycles. The number of rotatable bonds is 0. The highest BCUT2D eigenvalue weighted by molar-refractivity contribution is 5.81. The van der Waals surface area contributed by atoms with Crippen LogP contribution in [0.25, 0.3) is 17.2 Å². The van der Waals surface area contributed by atoms with E-state index >= 15 is 0 Å². The molecule has 0 saturated heterocycles. The zero-order valence-corrected chi connectivity index (χ0v) is 9.76. The first kappa shape index (κ1) is 9.77. The minimum absolute atomic E-state index is 0.109. The van der Waals surface area contributed by atoms with Gasteiger partial charge in [0.2, 0.25) is 0 Å². The Balaban J connectivity index is 2.06. The largest absolute Gasteiger partial charge is 0.508 e. The number of ether oxygens (including phenoxy) is 1. The summed E-state index contributed by atoms with van der Waals surface area (Å²) in [6, 6.07) is 11.6. The van der Waals surface area contributed by atoms with Crippen molar-refractivity contribution in [1.29, 1.82) is 0 Å². The van der Waals surface area contributed by atoms with Crippen LogP contribution in [0, 0.1) is 0 Å². The molecule has 2 heteroatoms. The number of phenolic OH excluding ortho intramolecular Hbond substituents is 1. The van der Waals surface area contributed by atoms with Gasteiger partial charge in [-0.25, -0.2) is 0 Å². The normalized spacial score (nSPS) is 18.8. The highest BCUT2D eigenvalue weighted by Crippen LogP contribution is 2.47. The van der Waals surface area contributed by atoms with Gasteiger partial charge in [-0.1, -0.05) is 30.4 Å². The molecule has 4 rings (SSSR count). The molecule has 88 valence electrons. The molecule has 1 N–H and O–H groups in total. The Labute approximate surface area is 105 Å². The second-order valence-corrected chi connectivity index (χ2v) is 4.73. The third-order valence-corrected chi connectivity index (χ3v) is 3.63. The fourth-order valence-electron chi connectivity index (χ4n) is 2.85. The number of hydrogen-bond donors (Lipinski definition) is 1. The van der Waals surface area contributed by atoms with Crippen molar-refractivity contribution >= 4 is 6.08 Å². The Hall–Kier alpha value is -2.22. The molecule has 2 aliphatic rings. The van der Waals surface area contributed by atoms with Crippen molar-refractivity contribution in [3.05, 3.63) is 53.6 Å². The SMILES string of the molecule is Oc1ccc2c(c1)-c1cccc3c1C(CC=C3)O2. The van der Waals surface area contributed by atoms with Crippen molar-refractivity contribution < 1.29 is 9.84 Å². The van der Waals surface area contributed by atoms with Gasteiger partial charge in [0, 0.05) is 17.5 Å². The number of benzene rings is 2. The van der Waals surface area contributed by atoms with Crippen LogP contribution in [0.2, 0.25) is 0 Å². The molecule has 0 fully saturated rings. The maximum absolute atomic E-state index is 9.65. The molecule has 0 amide bonds. The van der Waals surface area contributed by atoms with Gasteiger partial charge in [0.25, 0.3) is 0 Å². The molecule has 1 unspecified atom stereocenters. The Morgan fingerprint density at radius 3 is 3.00 bits per heavy atom. The van der Waals surface area contributed by atoms with Crippen molar-refractivity contribution in [3.8, 4) is 22.6 Å². The Morgan fingerprint density at radius 2 is 2.06 bits per heavy atom. The summed E-state index contributed by atoms with van der Waals surface area (Å²) in [5.74, 6) is 1.14. The molecular formula is C16H12O2. The molecule has 1 atom stereocenters. The van der Waals surface area contributed by atoms with Crippen molar-refractivity contribution in [3.63, 3.8) is 0 Å². The predicted octanol–water partition coefficient (Wildman–Crippen LogP) is 3.91. The highest BCUT2D eigenvalue weighted by atomic mass is 16.5. The van der Waals surface area contributed by atoms with E-state index in [2.05, 4.69) is 30.4 Å². The molecule has 18 heavy (non-hydrogen) atoms. The molecule has 0 aromatic heterocycles. The number of fused-ring (bicyclic) bond motifs is 2. The topological polar surface area (TPSA) is 29.5 Å². The third-order valence-electron chi connectivity index (χ3n) is 3.63. The van der Waals surface area contributed by atoms with Gasteiger partial charge in [-0.05, 0) is 29.3 Å². The molecular weight excluding hydrogens is 224 g/mol. The number of phenols is 1. The van der Waals surface area contributed by atoms with Gasteiger partial charge in [-0.15, -0.1) is 0 Å². The van der Waals surface area contributed by atoms with E-state index in [1.807, 2.05) is 6.07 Å². The van der Waals surface area contributed by atoms with Gasteiger partial charge < -0.3 is 9.84 Å². The van der Waals surface area contributed by atoms with E-state index in [1.54, 1.807) is 12.1 Å². The predicted molar refractivity (Wildman–Crippen MR) is 70.6 cm³/mol. The van der Waals surface area contributed by atoms with Crippen LogP contribution in [0.15, 0.2) is 42.5 Å². The van der Waals surface area contributed by atoms with Crippen LogP contribution in [0.4, 0.5) is 0 Å². The van der Waals surface area contributed by atoms with Crippen LogP contribution in [-0.4, -0.2) is 5.11 Å². The average Bonchev–Trinajstić information content (AvgIpc) is 2.40. The fraction of sp³-hybridized carbons (Fsp3) is 0.125. The molecule has 0 bridgehead atoms.